The number of aromatic nitrogens is 1. The molecule has 0 saturated carbocycles. The molecule has 142 valence electrons. The van der Waals surface area contributed by atoms with E-state index in [-0.39, 0.29) is 10.8 Å². The highest BCUT2D eigenvalue weighted by Gasteiger charge is 2.38. The van der Waals surface area contributed by atoms with Crippen LogP contribution in [0, 0.1) is 0 Å². The summed E-state index contributed by atoms with van der Waals surface area (Å²) < 4.78 is 2.30. The van der Waals surface area contributed by atoms with Crippen molar-refractivity contribution in [2.24, 2.45) is 0 Å². The lowest BCUT2D eigenvalue weighted by atomic mass is 9.80. The Hall–Kier alpha value is -3.65. The van der Waals surface area contributed by atoms with Crippen molar-refractivity contribution >= 4 is 38.1 Å². The molecule has 7 rings (SSSR count). The summed E-state index contributed by atoms with van der Waals surface area (Å²) in [4.78, 5) is 13.3. The van der Waals surface area contributed by atoms with Crippen molar-refractivity contribution in [3.05, 3.63) is 100 Å². The molecule has 4 aromatic carbocycles. The Balaban J connectivity index is 1.83. The van der Waals surface area contributed by atoms with Gasteiger partial charge in [-0.3, -0.25) is 4.79 Å². The first-order valence-corrected chi connectivity index (χ1v) is 10.4. The number of pyridine rings is 1. The Bertz CT molecular complexity index is 1740. The summed E-state index contributed by atoms with van der Waals surface area (Å²) in [6.45, 7) is 4.64. The number of fused-ring (bicyclic) bond motifs is 9. The lowest BCUT2D eigenvalue weighted by molar-refractivity contribution is 0.666. The molecule has 0 amide bonds. The highest BCUT2D eigenvalue weighted by molar-refractivity contribution is 6.19. The number of hydrogen-bond donors (Lipinski definition) is 0. The molecule has 0 N–H and O–H groups in total. The van der Waals surface area contributed by atoms with Gasteiger partial charge >= 0.3 is 0 Å². The second kappa shape index (κ2) is 5.09. The van der Waals surface area contributed by atoms with E-state index in [4.69, 9.17) is 0 Å². The second-order valence-electron chi connectivity index (χ2n) is 8.94. The Labute approximate surface area is 173 Å². The number of nitrogens with zero attached hydrogens (tertiary/aromatic N) is 1. The van der Waals surface area contributed by atoms with Gasteiger partial charge in [-0.1, -0.05) is 68.4 Å². The Morgan fingerprint density at radius 1 is 0.667 bits per heavy atom. The number of para-hydroxylation sites is 2. The quantitative estimate of drug-likeness (QED) is 0.273. The summed E-state index contributed by atoms with van der Waals surface area (Å²) >= 11 is 0. The number of hydrogen-bond acceptors (Lipinski definition) is 1. The fourth-order valence-electron chi connectivity index (χ4n) is 5.87. The van der Waals surface area contributed by atoms with Gasteiger partial charge in [0.25, 0.3) is 0 Å². The van der Waals surface area contributed by atoms with E-state index in [1.54, 1.807) is 0 Å². The molecule has 1 aliphatic carbocycles. The lowest BCUT2D eigenvalue weighted by Crippen LogP contribution is -2.15. The molecule has 30 heavy (non-hydrogen) atoms. The van der Waals surface area contributed by atoms with Crippen molar-refractivity contribution in [1.29, 1.82) is 0 Å². The molecule has 0 bridgehead atoms. The van der Waals surface area contributed by atoms with Crippen molar-refractivity contribution in [3.8, 4) is 11.1 Å². The van der Waals surface area contributed by atoms with Crippen molar-refractivity contribution in [1.82, 2.24) is 4.40 Å². The molecule has 2 heterocycles. The first-order chi connectivity index (χ1) is 14.6. The van der Waals surface area contributed by atoms with Gasteiger partial charge in [-0.25, -0.2) is 0 Å². The molecule has 2 nitrogen and oxygen atoms in total. The third-order valence-corrected chi connectivity index (χ3v) is 7.10. The molecule has 2 heteroatoms. The van der Waals surface area contributed by atoms with Gasteiger partial charge in [-0.2, -0.15) is 0 Å². The second-order valence-corrected chi connectivity index (χ2v) is 8.94. The van der Waals surface area contributed by atoms with Crippen LogP contribution >= 0.6 is 0 Å². The van der Waals surface area contributed by atoms with Gasteiger partial charge in [0.1, 0.15) is 0 Å². The third-order valence-electron chi connectivity index (χ3n) is 7.10. The SMILES string of the molecule is CC1(C)c2ccccc2-c2ccc3c(c21)c1cccc2c(=O)c4ccccc4n3c21. The average molecular weight is 385 g/mol. The smallest absolute Gasteiger partial charge is 0.197 e. The van der Waals surface area contributed by atoms with E-state index in [2.05, 4.69) is 66.8 Å². The van der Waals surface area contributed by atoms with Crippen LogP contribution in [0.4, 0.5) is 0 Å². The van der Waals surface area contributed by atoms with E-state index in [0.717, 1.165) is 21.8 Å². The van der Waals surface area contributed by atoms with E-state index in [0.29, 0.717) is 0 Å². The van der Waals surface area contributed by atoms with Crippen molar-refractivity contribution in [2.45, 2.75) is 19.3 Å². The minimum absolute atomic E-state index is 0.0991. The first-order valence-electron chi connectivity index (χ1n) is 10.4. The molecule has 1 aliphatic rings. The minimum Gasteiger partial charge on any atom is -0.308 e. The zero-order chi connectivity index (χ0) is 20.2. The van der Waals surface area contributed by atoms with Gasteiger partial charge in [-0.15, -0.1) is 0 Å². The molecular formula is C28H19NO. The zero-order valence-electron chi connectivity index (χ0n) is 16.9. The van der Waals surface area contributed by atoms with Crippen LogP contribution in [-0.4, -0.2) is 4.40 Å². The Morgan fingerprint density at radius 3 is 2.30 bits per heavy atom. The van der Waals surface area contributed by atoms with Crippen molar-refractivity contribution in [3.63, 3.8) is 0 Å². The van der Waals surface area contributed by atoms with E-state index in [1.165, 1.54) is 38.5 Å². The van der Waals surface area contributed by atoms with Crippen LogP contribution in [0.1, 0.15) is 25.0 Å². The molecule has 6 aromatic rings. The maximum atomic E-state index is 13.3. The summed E-state index contributed by atoms with van der Waals surface area (Å²) in [6, 6.07) is 27.4. The maximum absolute atomic E-state index is 13.3. The van der Waals surface area contributed by atoms with Crippen LogP contribution in [0.5, 0.6) is 0 Å². The Morgan fingerprint density at radius 2 is 1.40 bits per heavy atom. The highest BCUT2D eigenvalue weighted by Crippen LogP contribution is 2.53. The fraction of sp³-hybridized carbons (Fsp3) is 0.107. The average Bonchev–Trinajstić information content (AvgIpc) is 3.23. The van der Waals surface area contributed by atoms with E-state index < -0.39 is 0 Å². The standard InChI is InChI=1S/C28H19NO/c1-28(2)21-12-5-3-8-16(21)17-14-15-23-24(25(17)28)19-10-7-11-20-26(19)29(23)22-13-6-4-9-18(22)27(20)30/h3-15H,1-2H3. The highest BCUT2D eigenvalue weighted by atomic mass is 16.1. The van der Waals surface area contributed by atoms with Crippen LogP contribution in [0.25, 0.3) is 49.2 Å². The molecule has 0 atom stereocenters. The first kappa shape index (κ1) is 16.2. The molecule has 0 aliphatic heterocycles. The lowest BCUT2D eigenvalue weighted by Gasteiger charge is -2.22. The summed E-state index contributed by atoms with van der Waals surface area (Å²) in [6.07, 6.45) is 0. The van der Waals surface area contributed by atoms with Gasteiger partial charge in [0.2, 0.25) is 0 Å². The molecule has 0 unspecified atom stereocenters. The summed E-state index contributed by atoms with van der Waals surface area (Å²) in [5.41, 5.74) is 8.59. The molecule has 2 aromatic heterocycles. The third kappa shape index (κ3) is 1.66. The van der Waals surface area contributed by atoms with E-state index in [9.17, 15) is 4.79 Å². The minimum atomic E-state index is -0.0991. The summed E-state index contributed by atoms with van der Waals surface area (Å²) in [5, 5.41) is 4.01. The normalized spacial score (nSPS) is 14.7. The molecule has 0 fully saturated rings. The van der Waals surface area contributed by atoms with Crippen molar-refractivity contribution in [2.75, 3.05) is 0 Å². The van der Waals surface area contributed by atoms with Crippen LogP contribution < -0.4 is 5.43 Å². The number of rotatable bonds is 0. The Kier molecular flexibility index (Phi) is 2.74. The maximum Gasteiger partial charge on any atom is 0.197 e. The van der Waals surface area contributed by atoms with Gasteiger partial charge in [0.05, 0.1) is 16.6 Å². The predicted molar refractivity (Wildman–Crippen MR) is 125 cm³/mol. The van der Waals surface area contributed by atoms with Crippen LogP contribution in [0.3, 0.4) is 0 Å². The van der Waals surface area contributed by atoms with Crippen LogP contribution in [0.2, 0.25) is 0 Å². The monoisotopic (exact) mass is 385 g/mol. The van der Waals surface area contributed by atoms with Crippen LogP contribution in [-0.2, 0) is 5.41 Å². The van der Waals surface area contributed by atoms with Gasteiger partial charge in [-0.05, 0) is 46.5 Å². The molecule has 0 radical (unpaired) electrons. The van der Waals surface area contributed by atoms with Gasteiger partial charge in [0.15, 0.2) is 5.43 Å². The molecule has 0 saturated heterocycles. The number of benzene rings is 4. The zero-order valence-corrected chi connectivity index (χ0v) is 16.9. The van der Waals surface area contributed by atoms with Gasteiger partial charge < -0.3 is 4.40 Å². The van der Waals surface area contributed by atoms with E-state index in [1.807, 2.05) is 30.3 Å². The fourth-order valence-corrected chi connectivity index (χ4v) is 5.87. The topological polar surface area (TPSA) is 21.5 Å². The molecule has 0 spiro atoms. The summed E-state index contributed by atoms with van der Waals surface area (Å²) in [5.74, 6) is 0. The summed E-state index contributed by atoms with van der Waals surface area (Å²) in [7, 11) is 0. The van der Waals surface area contributed by atoms with Crippen LogP contribution in [0.15, 0.2) is 83.7 Å². The van der Waals surface area contributed by atoms with Gasteiger partial charge in [0, 0.05) is 27.0 Å². The predicted octanol–water partition coefficient (Wildman–Crippen LogP) is 6.50. The van der Waals surface area contributed by atoms with E-state index >= 15 is 0 Å². The molecular weight excluding hydrogens is 366 g/mol. The van der Waals surface area contributed by atoms with Crippen molar-refractivity contribution < 1.29 is 0 Å². The largest absolute Gasteiger partial charge is 0.308 e.